The number of aliphatic hydroxyl groups excluding tert-OH is 1. The molecule has 1 heterocycles. The number of nitrogens with two attached hydrogens (primary N) is 1. The summed E-state index contributed by atoms with van der Waals surface area (Å²) in [6.07, 6.45) is 3.77. The maximum atomic E-state index is 12.3. The van der Waals surface area contributed by atoms with Crippen LogP contribution >= 0.6 is 11.3 Å². The predicted molar refractivity (Wildman–Crippen MR) is 79.8 cm³/mol. The van der Waals surface area contributed by atoms with E-state index < -0.39 is 5.54 Å². The molecule has 4 N–H and O–H groups in total. The quantitative estimate of drug-likeness (QED) is 0.806. The molecule has 0 radical (unpaired) electrons. The molecule has 0 saturated heterocycles. The Balaban J connectivity index is 1.84. The highest BCUT2D eigenvalue weighted by Crippen LogP contribution is 2.30. The zero-order chi connectivity index (χ0) is 14.2. The van der Waals surface area contributed by atoms with Crippen molar-refractivity contribution in [3.8, 4) is 0 Å². The molecule has 3 rings (SSSR count). The molecule has 1 aliphatic carbocycles. The fourth-order valence-electron chi connectivity index (χ4n) is 2.77. The lowest BCUT2D eigenvalue weighted by Gasteiger charge is -2.27. The smallest absolute Gasteiger partial charge is 0.251 e. The average Bonchev–Trinajstić information content (AvgIpc) is 3.03. The van der Waals surface area contributed by atoms with Gasteiger partial charge in [-0.2, -0.15) is 0 Å². The van der Waals surface area contributed by atoms with Gasteiger partial charge in [-0.3, -0.25) is 4.79 Å². The van der Waals surface area contributed by atoms with Crippen molar-refractivity contribution in [2.45, 2.75) is 31.2 Å². The third-order valence-electron chi connectivity index (χ3n) is 3.91. The Hall–Kier alpha value is -1.66. The van der Waals surface area contributed by atoms with E-state index in [1.165, 1.54) is 11.3 Å². The predicted octanol–water partition coefficient (Wildman–Crippen LogP) is 1.91. The van der Waals surface area contributed by atoms with E-state index in [0.29, 0.717) is 10.7 Å². The molecular formula is C14H17N3O2S. The lowest BCUT2D eigenvalue weighted by Crippen LogP contribution is -2.49. The molecule has 0 spiro atoms. The Morgan fingerprint density at radius 1 is 1.45 bits per heavy atom. The SMILES string of the molecule is Nc1nc2ccc(C(=O)NC3(CO)CCCC3)cc2s1. The van der Waals surface area contributed by atoms with E-state index >= 15 is 0 Å². The summed E-state index contributed by atoms with van der Waals surface area (Å²) in [4.78, 5) is 16.5. The van der Waals surface area contributed by atoms with Crippen molar-refractivity contribution in [2.75, 3.05) is 12.3 Å². The zero-order valence-corrected chi connectivity index (χ0v) is 11.9. The monoisotopic (exact) mass is 291 g/mol. The van der Waals surface area contributed by atoms with Gasteiger partial charge in [0, 0.05) is 5.56 Å². The van der Waals surface area contributed by atoms with E-state index in [4.69, 9.17) is 5.73 Å². The molecule has 0 bridgehead atoms. The largest absolute Gasteiger partial charge is 0.394 e. The van der Waals surface area contributed by atoms with E-state index in [2.05, 4.69) is 10.3 Å². The number of benzene rings is 1. The standard InChI is InChI=1S/C14H17N3O2S/c15-13-16-10-4-3-9(7-11(10)20-13)12(19)17-14(8-18)5-1-2-6-14/h3-4,7,18H,1-2,5-6,8H2,(H2,15,16)(H,17,19). The highest BCUT2D eigenvalue weighted by molar-refractivity contribution is 7.22. The molecule has 1 aliphatic rings. The zero-order valence-electron chi connectivity index (χ0n) is 11.1. The Kier molecular flexibility index (Phi) is 3.35. The number of nitrogen functional groups attached to an aromatic ring is 1. The van der Waals surface area contributed by atoms with Crippen molar-refractivity contribution in [2.24, 2.45) is 0 Å². The minimum absolute atomic E-state index is 0.00547. The van der Waals surface area contributed by atoms with Gasteiger partial charge in [0.05, 0.1) is 22.4 Å². The van der Waals surface area contributed by atoms with Crippen LogP contribution in [0.3, 0.4) is 0 Å². The number of hydrogen-bond acceptors (Lipinski definition) is 5. The van der Waals surface area contributed by atoms with Gasteiger partial charge in [0.1, 0.15) is 0 Å². The van der Waals surface area contributed by atoms with Crippen LogP contribution in [-0.2, 0) is 0 Å². The number of nitrogens with zero attached hydrogens (tertiary/aromatic N) is 1. The maximum absolute atomic E-state index is 12.3. The first-order valence-electron chi connectivity index (χ1n) is 6.71. The summed E-state index contributed by atoms with van der Waals surface area (Å²) in [6.45, 7) is -0.00547. The van der Waals surface area contributed by atoms with E-state index in [1.54, 1.807) is 18.2 Å². The molecule has 1 aromatic heterocycles. The van der Waals surface area contributed by atoms with Gasteiger partial charge < -0.3 is 16.2 Å². The third-order valence-corrected chi connectivity index (χ3v) is 4.76. The molecule has 2 aromatic rings. The number of aliphatic hydroxyl groups is 1. The van der Waals surface area contributed by atoms with Crippen LogP contribution in [-0.4, -0.2) is 28.1 Å². The van der Waals surface area contributed by atoms with Crippen molar-refractivity contribution in [1.29, 1.82) is 0 Å². The van der Waals surface area contributed by atoms with Gasteiger partial charge in [-0.1, -0.05) is 24.2 Å². The van der Waals surface area contributed by atoms with E-state index in [9.17, 15) is 9.90 Å². The summed E-state index contributed by atoms with van der Waals surface area (Å²) in [5.74, 6) is -0.144. The molecule has 5 nitrogen and oxygen atoms in total. The molecule has 106 valence electrons. The van der Waals surface area contributed by atoms with Crippen LogP contribution in [0.5, 0.6) is 0 Å². The van der Waals surface area contributed by atoms with Crippen molar-refractivity contribution < 1.29 is 9.90 Å². The minimum Gasteiger partial charge on any atom is -0.394 e. The van der Waals surface area contributed by atoms with Gasteiger partial charge >= 0.3 is 0 Å². The Morgan fingerprint density at radius 2 is 2.20 bits per heavy atom. The Labute approximate surface area is 120 Å². The van der Waals surface area contributed by atoms with Crippen LogP contribution in [0, 0.1) is 0 Å². The van der Waals surface area contributed by atoms with Crippen LogP contribution in [0.4, 0.5) is 5.13 Å². The second-order valence-corrected chi connectivity index (χ2v) is 6.40. The summed E-state index contributed by atoms with van der Waals surface area (Å²) >= 11 is 1.37. The Bertz CT molecular complexity index is 647. The Morgan fingerprint density at radius 3 is 2.90 bits per heavy atom. The molecule has 1 aromatic carbocycles. The van der Waals surface area contributed by atoms with Crippen molar-refractivity contribution in [3.05, 3.63) is 23.8 Å². The highest BCUT2D eigenvalue weighted by atomic mass is 32.1. The topological polar surface area (TPSA) is 88.2 Å². The van der Waals surface area contributed by atoms with Gasteiger partial charge in [0.2, 0.25) is 0 Å². The summed E-state index contributed by atoms with van der Waals surface area (Å²) in [6, 6.07) is 5.35. The number of carbonyl (C=O) groups excluding carboxylic acids is 1. The molecule has 0 unspecified atom stereocenters. The molecule has 1 saturated carbocycles. The number of hydrogen-bond donors (Lipinski definition) is 3. The van der Waals surface area contributed by atoms with Crippen molar-refractivity contribution in [3.63, 3.8) is 0 Å². The van der Waals surface area contributed by atoms with Gasteiger partial charge in [0.15, 0.2) is 5.13 Å². The lowest BCUT2D eigenvalue weighted by molar-refractivity contribution is 0.0838. The molecule has 1 fully saturated rings. The maximum Gasteiger partial charge on any atom is 0.251 e. The summed E-state index contributed by atoms with van der Waals surface area (Å²) in [5.41, 5.74) is 6.61. The fourth-order valence-corrected chi connectivity index (χ4v) is 3.54. The van der Waals surface area contributed by atoms with Gasteiger partial charge in [-0.15, -0.1) is 0 Å². The third kappa shape index (κ3) is 2.36. The number of rotatable bonds is 3. The molecule has 1 amide bonds. The average molecular weight is 291 g/mol. The summed E-state index contributed by atoms with van der Waals surface area (Å²) in [7, 11) is 0. The first kappa shape index (κ1) is 13.3. The van der Waals surface area contributed by atoms with Crippen molar-refractivity contribution >= 4 is 32.6 Å². The van der Waals surface area contributed by atoms with Gasteiger partial charge in [-0.05, 0) is 31.0 Å². The van der Waals surface area contributed by atoms with Crippen LogP contribution in [0.2, 0.25) is 0 Å². The number of amides is 1. The number of anilines is 1. The molecule has 0 aliphatic heterocycles. The van der Waals surface area contributed by atoms with Crippen LogP contribution in [0.15, 0.2) is 18.2 Å². The summed E-state index contributed by atoms with van der Waals surface area (Å²) < 4.78 is 0.902. The normalized spacial score (nSPS) is 17.4. The van der Waals surface area contributed by atoms with Gasteiger partial charge in [0.25, 0.3) is 5.91 Å². The van der Waals surface area contributed by atoms with Crippen LogP contribution in [0.1, 0.15) is 36.0 Å². The lowest BCUT2D eigenvalue weighted by atomic mass is 9.98. The first-order chi connectivity index (χ1) is 9.62. The number of thiazole rings is 1. The molecule has 20 heavy (non-hydrogen) atoms. The van der Waals surface area contributed by atoms with E-state index in [-0.39, 0.29) is 12.5 Å². The number of carbonyl (C=O) groups is 1. The fraction of sp³-hybridized carbons (Fsp3) is 0.429. The molecule has 6 heteroatoms. The summed E-state index contributed by atoms with van der Waals surface area (Å²) in [5, 5.41) is 13.0. The highest BCUT2D eigenvalue weighted by Gasteiger charge is 2.34. The van der Waals surface area contributed by atoms with Crippen LogP contribution < -0.4 is 11.1 Å². The minimum atomic E-state index is -0.446. The second kappa shape index (κ2) is 5.03. The van der Waals surface area contributed by atoms with E-state index in [1.807, 2.05) is 0 Å². The molecular weight excluding hydrogens is 274 g/mol. The first-order valence-corrected chi connectivity index (χ1v) is 7.53. The number of nitrogens with one attached hydrogen (secondary N) is 1. The number of aromatic nitrogens is 1. The van der Waals surface area contributed by atoms with Crippen LogP contribution in [0.25, 0.3) is 10.2 Å². The van der Waals surface area contributed by atoms with Crippen molar-refractivity contribution in [1.82, 2.24) is 10.3 Å². The van der Waals surface area contributed by atoms with Gasteiger partial charge in [-0.25, -0.2) is 4.98 Å². The second-order valence-electron chi connectivity index (χ2n) is 5.33. The van der Waals surface area contributed by atoms with E-state index in [0.717, 1.165) is 35.9 Å². The number of fused-ring (bicyclic) bond motifs is 1. The molecule has 0 atom stereocenters.